The van der Waals surface area contributed by atoms with Crippen LogP contribution in [0, 0.1) is 0 Å². The maximum Gasteiger partial charge on any atom is 0.134 e. The summed E-state index contributed by atoms with van der Waals surface area (Å²) in [5.74, 6) is 0. The fourth-order valence-electron chi connectivity index (χ4n) is 0.749. The Morgan fingerprint density at radius 3 is 1.82 bits per heavy atom. The summed E-state index contributed by atoms with van der Waals surface area (Å²) in [6, 6.07) is 0. The molecule has 0 N–H and O–H groups in total. The number of hydrogen-bond donors (Lipinski definition) is 0. The second kappa shape index (κ2) is 3.71. The third-order valence-corrected chi connectivity index (χ3v) is 1.19. The highest BCUT2D eigenvalue weighted by molar-refractivity contribution is 5.57. The second-order valence-corrected chi connectivity index (χ2v) is 2.03. The normalized spacial score (nSPS) is 11.8. The van der Waals surface area contributed by atoms with E-state index in [1.54, 1.807) is 0 Å². The summed E-state index contributed by atoms with van der Waals surface area (Å²) in [5.41, 5.74) is 1.54. The molecular formula is C8H10N2O. The monoisotopic (exact) mass is 150 g/mol. The van der Waals surface area contributed by atoms with Gasteiger partial charge in [0, 0.05) is 0 Å². The van der Waals surface area contributed by atoms with Gasteiger partial charge in [0.25, 0.3) is 0 Å². The molecule has 3 heteroatoms. The molecule has 0 amide bonds. The Kier molecular flexibility index (Phi) is 2.60. The lowest BCUT2D eigenvalue weighted by molar-refractivity contribution is 0.305. The van der Waals surface area contributed by atoms with E-state index in [0.717, 1.165) is 11.4 Å². The number of nitrogens with zero attached hydrogens (tertiary/aromatic N) is 2. The molecule has 1 aromatic rings. The zero-order valence-corrected chi connectivity index (χ0v) is 6.61. The Balaban J connectivity index is 2.95. The van der Waals surface area contributed by atoms with Crippen LogP contribution < -0.4 is 0 Å². The first-order valence-corrected chi connectivity index (χ1v) is 3.46. The molecule has 0 aliphatic rings. The van der Waals surface area contributed by atoms with Gasteiger partial charge in [-0.15, -0.1) is 0 Å². The molecule has 1 rings (SSSR count). The highest BCUT2D eigenvalue weighted by Gasteiger charge is 2.00. The van der Waals surface area contributed by atoms with Gasteiger partial charge < -0.3 is 0 Å². The lowest BCUT2D eigenvalue weighted by Crippen LogP contribution is -1.75. The predicted octanol–water partition coefficient (Wildman–Crippen LogP) is 2.14. The summed E-state index contributed by atoms with van der Waals surface area (Å²) < 4.78 is 4.55. The van der Waals surface area contributed by atoms with Gasteiger partial charge in [-0.1, -0.05) is 12.2 Å². The lowest BCUT2D eigenvalue weighted by Gasteiger charge is -1.81. The van der Waals surface area contributed by atoms with Crippen molar-refractivity contribution in [2.75, 3.05) is 0 Å². The van der Waals surface area contributed by atoms with Gasteiger partial charge in [0.2, 0.25) is 0 Å². The highest BCUT2D eigenvalue weighted by atomic mass is 16.6. The van der Waals surface area contributed by atoms with E-state index in [4.69, 9.17) is 0 Å². The predicted molar refractivity (Wildman–Crippen MR) is 43.7 cm³/mol. The first-order valence-electron chi connectivity index (χ1n) is 3.46. The molecule has 0 aliphatic carbocycles. The molecule has 0 unspecified atom stereocenters. The smallest absolute Gasteiger partial charge is 0.134 e. The summed E-state index contributed by atoms with van der Waals surface area (Å²) in [7, 11) is 0. The van der Waals surface area contributed by atoms with Gasteiger partial charge >= 0.3 is 0 Å². The van der Waals surface area contributed by atoms with Crippen LogP contribution in [0.3, 0.4) is 0 Å². The molecule has 0 aliphatic heterocycles. The van der Waals surface area contributed by atoms with E-state index in [1.165, 1.54) is 0 Å². The van der Waals surface area contributed by atoms with E-state index in [2.05, 4.69) is 14.9 Å². The van der Waals surface area contributed by atoms with E-state index in [0.29, 0.717) is 0 Å². The lowest BCUT2D eigenvalue weighted by atomic mass is 10.3. The van der Waals surface area contributed by atoms with Crippen LogP contribution in [0.5, 0.6) is 0 Å². The minimum Gasteiger partial charge on any atom is -0.243 e. The van der Waals surface area contributed by atoms with Crippen LogP contribution >= 0.6 is 0 Å². The molecule has 11 heavy (non-hydrogen) atoms. The average molecular weight is 150 g/mol. The zero-order chi connectivity index (χ0) is 8.10. The molecule has 0 bridgehead atoms. The summed E-state index contributed by atoms with van der Waals surface area (Å²) in [6.45, 7) is 3.85. The standard InChI is InChI=1S/C8H10N2O/c1-3-5-7-8(6-4-2)10-11-9-7/h3-6H,1-2H3/b5-3-,6-4+. The molecule has 0 spiro atoms. The van der Waals surface area contributed by atoms with Crippen LogP contribution in [0.25, 0.3) is 12.2 Å². The molecule has 0 radical (unpaired) electrons. The molecule has 0 saturated heterocycles. The Bertz CT molecular complexity index is 247. The molecule has 0 atom stereocenters. The SMILES string of the molecule is C/C=C\c1nonc1/C=C/C. The van der Waals surface area contributed by atoms with Crippen LogP contribution in [0.15, 0.2) is 16.8 Å². The van der Waals surface area contributed by atoms with Crippen molar-refractivity contribution in [2.24, 2.45) is 0 Å². The maximum atomic E-state index is 4.55. The number of rotatable bonds is 2. The quantitative estimate of drug-likeness (QED) is 0.648. The van der Waals surface area contributed by atoms with Crippen LogP contribution in [-0.2, 0) is 0 Å². The van der Waals surface area contributed by atoms with Crippen LogP contribution in [0.1, 0.15) is 25.2 Å². The van der Waals surface area contributed by atoms with Crippen molar-refractivity contribution >= 4 is 12.2 Å². The summed E-state index contributed by atoms with van der Waals surface area (Å²) in [5, 5.41) is 7.40. The Morgan fingerprint density at radius 2 is 1.45 bits per heavy atom. The van der Waals surface area contributed by atoms with Crippen LogP contribution in [0.4, 0.5) is 0 Å². The van der Waals surface area contributed by atoms with Gasteiger partial charge in [0.1, 0.15) is 11.4 Å². The zero-order valence-electron chi connectivity index (χ0n) is 6.61. The van der Waals surface area contributed by atoms with Crippen molar-refractivity contribution < 1.29 is 4.63 Å². The third-order valence-electron chi connectivity index (χ3n) is 1.19. The fourth-order valence-corrected chi connectivity index (χ4v) is 0.749. The fraction of sp³-hybridized carbons (Fsp3) is 0.250. The van der Waals surface area contributed by atoms with Gasteiger partial charge in [-0.2, -0.15) is 0 Å². The highest BCUT2D eigenvalue weighted by Crippen LogP contribution is 2.06. The third kappa shape index (κ3) is 1.77. The largest absolute Gasteiger partial charge is 0.243 e. The number of allylic oxidation sites excluding steroid dienone is 2. The molecule has 1 aromatic heterocycles. The average Bonchev–Trinajstić information content (AvgIpc) is 2.39. The Labute approximate surface area is 65.4 Å². The summed E-state index contributed by atoms with van der Waals surface area (Å²) in [6.07, 6.45) is 7.50. The van der Waals surface area contributed by atoms with E-state index < -0.39 is 0 Å². The summed E-state index contributed by atoms with van der Waals surface area (Å²) in [4.78, 5) is 0. The van der Waals surface area contributed by atoms with E-state index >= 15 is 0 Å². The topological polar surface area (TPSA) is 38.9 Å². The van der Waals surface area contributed by atoms with E-state index in [-0.39, 0.29) is 0 Å². The van der Waals surface area contributed by atoms with Gasteiger partial charge in [-0.3, -0.25) is 0 Å². The minimum atomic E-state index is 0.769. The van der Waals surface area contributed by atoms with Crippen molar-refractivity contribution in [3.8, 4) is 0 Å². The first kappa shape index (κ1) is 7.72. The Morgan fingerprint density at radius 1 is 1.00 bits per heavy atom. The molecule has 58 valence electrons. The van der Waals surface area contributed by atoms with Crippen LogP contribution in [-0.4, -0.2) is 10.3 Å². The first-order chi connectivity index (χ1) is 5.38. The molecule has 1 heterocycles. The number of hydrogen-bond acceptors (Lipinski definition) is 3. The van der Waals surface area contributed by atoms with E-state index in [9.17, 15) is 0 Å². The van der Waals surface area contributed by atoms with Crippen molar-refractivity contribution in [3.63, 3.8) is 0 Å². The molecule has 0 saturated carbocycles. The van der Waals surface area contributed by atoms with Crippen molar-refractivity contribution in [1.82, 2.24) is 10.3 Å². The van der Waals surface area contributed by atoms with Crippen molar-refractivity contribution in [3.05, 3.63) is 23.5 Å². The van der Waals surface area contributed by atoms with Crippen LogP contribution in [0.2, 0.25) is 0 Å². The van der Waals surface area contributed by atoms with Crippen molar-refractivity contribution in [2.45, 2.75) is 13.8 Å². The van der Waals surface area contributed by atoms with Gasteiger partial charge in [0.05, 0.1) is 0 Å². The van der Waals surface area contributed by atoms with Gasteiger partial charge in [-0.05, 0) is 36.3 Å². The molecular weight excluding hydrogens is 140 g/mol. The molecule has 0 fully saturated rings. The Hall–Kier alpha value is -1.38. The molecule has 3 nitrogen and oxygen atoms in total. The minimum absolute atomic E-state index is 0.769. The van der Waals surface area contributed by atoms with E-state index in [1.807, 2.05) is 38.2 Å². The number of aromatic nitrogens is 2. The summed E-state index contributed by atoms with van der Waals surface area (Å²) >= 11 is 0. The molecule has 0 aromatic carbocycles. The van der Waals surface area contributed by atoms with Gasteiger partial charge in [0.15, 0.2) is 0 Å². The van der Waals surface area contributed by atoms with Crippen molar-refractivity contribution in [1.29, 1.82) is 0 Å². The van der Waals surface area contributed by atoms with Gasteiger partial charge in [-0.25, -0.2) is 4.63 Å². The second-order valence-electron chi connectivity index (χ2n) is 2.03. The maximum absolute atomic E-state index is 4.55.